The van der Waals surface area contributed by atoms with Crippen LogP contribution in [0.2, 0.25) is 39.3 Å². The van der Waals surface area contributed by atoms with Crippen molar-refractivity contribution in [2.24, 2.45) is 5.92 Å². The Balaban J connectivity index is 1.16. The van der Waals surface area contributed by atoms with Crippen LogP contribution in [0.5, 0.6) is 0 Å². The van der Waals surface area contributed by atoms with E-state index in [9.17, 15) is 0 Å². The van der Waals surface area contributed by atoms with Gasteiger partial charge in [-0.2, -0.15) is 0 Å². The van der Waals surface area contributed by atoms with Gasteiger partial charge in [0.05, 0.1) is 38.6 Å². The van der Waals surface area contributed by atoms with E-state index in [4.69, 9.17) is 0 Å². The van der Waals surface area contributed by atoms with Crippen molar-refractivity contribution in [1.82, 2.24) is 0 Å². The summed E-state index contributed by atoms with van der Waals surface area (Å²) in [5.74, 6) is 0.0711. The van der Waals surface area contributed by atoms with Crippen molar-refractivity contribution in [3.8, 4) is 0 Å². The summed E-state index contributed by atoms with van der Waals surface area (Å²) in [5, 5.41) is 5.40. The highest BCUT2D eigenvalue weighted by atomic mass is 28.3. The van der Waals surface area contributed by atoms with Gasteiger partial charge in [0.25, 0.3) is 0 Å². The minimum atomic E-state index is -1.62. The topological polar surface area (TPSA) is 9.72 Å². The van der Waals surface area contributed by atoms with Gasteiger partial charge in [-0.1, -0.05) is 237 Å². The van der Waals surface area contributed by atoms with Gasteiger partial charge in [-0.05, 0) is 158 Å². The highest BCUT2D eigenvalue weighted by molar-refractivity contribution is 6.89. The Morgan fingerprint density at radius 3 is 1.43 bits per heavy atom. The van der Waals surface area contributed by atoms with Crippen LogP contribution < -0.4 is 25.1 Å². The highest BCUT2D eigenvalue weighted by Crippen LogP contribution is 2.68. The molecule has 408 valence electrons. The molecule has 0 saturated heterocycles. The lowest BCUT2D eigenvalue weighted by Gasteiger charge is -2.47. The lowest BCUT2D eigenvalue weighted by molar-refractivity contribution is 0.590. The molecule has 82 heavy (non-hydrogen) atoms. The van der Waals surface area contributed by atoms with Crippen molar-refractivity contribution in [2.75, 3.05) is 14.7 Å². The van der Waals surface area contributed by atoms with E-state index in [2.05, 4.69) is 326 Å². The lowest BCUT2D eigenvalue weighted by atomic mass is 9.62. The molecule has 0 radical (unpaired) electrons. The molecule has 1 unspecified atom stereocenters. The number of para-hydroxylation sites is 3. The molecule has 0 bridgehead atoms. The molecule has 1 heterocycles. The Morgan fingerprint density at radius 1 is 0.476 bits per heavy atom. The lowest BCUT2D eigenvalue weighted by Crippen LogP contribution is -2.38. The molecule has 9 aromatic rings. The monoisotopic (exact) mass is 1100 g/mol. The molecule has 1 atom stereocenters. The quantitative estimate of drug-likeness (QED) is 0.133. The zero-order valence-electron chi connectivity index (χ0n) is 50.1. The van der Waals surface area contributed by atoms with Crippen molar-refractivity contribution < 1.29 is 0 Å². The van der Waals surface area contributed by atoms with Gasteiger partial charge in [0.2, 0.25) is 0 Å². The van der Waals surface area contributed by atoms with Gasteiger partial charge in [0.15, 0.2) is 0 Å². The molecule has 4 aliphatic rings. The maximum atomic E-state index is 2.68. The maximum absolute atomic E-state index is 2.68. The van der Waals surface area contributed by atoms with Crippen LogP contribution in [-0.2, 0) is 16.2 Å². The third kappa shape index (κ3) is 8.73. The van der Waals surface area contributed by atoms with Crippen LogP contribution in [-0.4, -0.2) is 16.1 Å². The van der Waals surface area contributed by atoms with Gasteiger partial charge in [0.1, 0.15) is 0 Å². The fraction of sp³-hybridized carbons (Fsp3) is 0.221. The van der Waals surface area contributed by atoms with E-state index >= 15 is 0 Å². The molecule has 3 nitrogen and oxygen atoms in total. The molecule has 0 amide bonds. The van der Waals surface area contributed by atoms with E-state index in [0.29, 0.717) is 0 Å². The second kappa shape index (κ2) is 19.6. The average molecular weight is 1100 g/mol. The number of allylic oxidation sites excluding steroid dienone is 7. The van der Waals surface area contributed by atoms with Crippen LogP contribution >= 0.6 is 0 Å². The standard InChI is InChI=1S/C77H77N3Si2/c1-75(2,3)52-34-38-55(39-35-52)78(57-42-46-59(47-43-57)81(7,8)9)71-50-67-73(63-28-18-16-26-61(63)71)74-64-29-19-17-27-62(64)72(79(56-40-36-53(37-41-56)76(4,5)6)58-44-48-60(49-45-58)82(10,11)12)51-68(74)77(67)65-30-20-22-32-69(65)80(54-24-14-13-15-25-54)70-33-23-21-31-66(70)77/h13-26,28-51,62H,27H2,1-12H3. The van der Waals surface area contributed by atoms with E-state index in [-0.39, 0.29) is 16.7 Å². The fourth-order valence-corrected chi connectivity index (χ4v) is 16.0. The summed E-state index contributed by atoms with van der Waals surface area (Å²) in [6, 6.07) is 79.7. The first kappa shape index (κ1) is 53.4. The summed E-state index contributed by atoms with van der Waals surface area (Å²) in [4.78, 5) is 7.69. The number of rotatable bonds is 9. The maximum Gasteiger partial charge on any atom is 0.0775 e. The molecule has 0 N–H and O–H groups in total. The third-order valence-corrected chi connectivity index (χ3v) is 22.2. The molecule has 1 aliphatic heterocycles. The van der Waals surface area contributed by atoms with E-state index in [0.717, 1.165) is 23.5 Å². The average Bonchev–Trinajstić information content (AvgIpc) is 1.55. The van der Waals surface area contributed by atoms with Crippen molar-refractivity contribution in [1.29, 1.82) is 0 Å². The van der Waals surface area contributed by atoms with Crippen LogP contribution in [0.25, 0.3) is 16.3 Å². The number of anilines is 8. The first-order chi connectivity index (χ1) is 39.2. The number of fused-ring (bicyclic) bond motifs is 12. The summed E-state index contributed by atoms with van der Waals surface area (Å²) in [7, 11) is -3.22. The number of hydrogen-bond acceptors (Lipinski definition) is 3. The molecule has 5 heteroatoms. The summed E-state index contributed by atoms with van der Waals surface area (Å²) in [6.07, 6.45) is 10.8. The number of benzene rings is 9. The predicted molar refractivity (Wildman–Crippen MR) is 358 cm³/mol. The summed E-state index contributed by atoms with van der Waals surface area (Å²) < 4.78 is 0. The zero-order valence-corrected chi connectivity index (χ0v) is 52.1. The Bertz CT molecular complexity index is 3910. The van der Waals surface area contributed by atoms with Gasteiger partial charge in [-0.3, -0.25) is 0 Å². The zero-order chi connectivity index (χ0) is 57.1. The second-order valence-corrected chi connectivity index (χ2v) is 37.5. The van der Waals surface area contributed by atoms with Crippen molar-refractivity contribution in [3.05, 3.63) is 281 Å². The SMILES string of the molecule is CC(C)(C)c1ccc(N(C2=CC3=C(C4=CC=CCC42)c2c(cc(N(c4ccc(C(C)(C)C)cc4)c4ccc([Si](C)(C)C)cc4)c4ccccc24)C32c3ccccc3N(c3ccccc3)c3ccccc32)c2ccc([Si](C)(C)C)cc2)cc1. The largest absolute Gasteiger partial charge is 0.314 e. The van der Waals surface area contributed by atoms with Crippen LogP contribution in [0.4, 0.5) is 45.5 Å². The first-order valence-electron chi connectivity index (χ1n) is 29.7. The highest BCUT2D eigenvalue weighted by Gasteiger charge is 2.56. The van der Waals surface area contributed by atoms with Gasteiger partial charge in [-0.15, -0.1) is 0 Å². The van der Waals surface area contributed by atoms with Gasteiger partial charge >= 0.3 is 0 Å². The van der Waals surface area contributed by atoms with Crippen molar-refractivity contribution in [3.63, 3.8) is 0 Å². The molecule has 13 rings (SSSR count). The molecule has 1 spiro atoms. The smallest absolute Gasteiger partial charge is 0.0775 e. The second-order valence-electron chi connectivity index (χ2n) is 27.4. The Morgan fingerprint density at radius 2 is 0.927 bits per heavy atom. The third-order valence-electron chi connectivity index (χ3n) is 18.0. The minimum Gasteiger partial charge on any atom is -0.314 e. The van der Waals surface area contributed by atoms with Gasteiger partial charge in [-0.25, -0.2) is 0 Å². The van der Waals surface area contributed by atoms with Crippen LogP contribution in [0.3, 0.4) is 0 Å². The Kier molecular flexibility index (Phi) is 12.8. The summed E-state index contributed by atoms with van der Waals surface area (Å²) in [6.45, 7) is 28.6. The molecule has 9 aromatic carbocycles. The van der Waals surface area contributed by atoms with Crippen molar-refractivity contribution >= 4 is 88.4 Å². The molecular formula is C77H77N3Si2. The summed E-state index contributed by atoms with van der Waals surface area (Å²) >= 11 is 0. The minimum absolute atomic E-state index is 0.00520. The number of hydrogen-bond donors (Lipinski definition) is 0. The van der Waals surface area contributed by atoms with Crippen LogP contribution in [0, 0.1) is 5.92 Å². The fourth-order valence-electron chi connectivity index (χ4n) is 13.7. The Hall–Kier alpha value is -7.97. The molecular weight excluding hydrogens is 1020 g/mol. The van der Waals surface area contributed by atoms with Crippen LogP contribution in [0.1, 0.15) is 81.3 Å². The molecule has 0 aromatic heterocycles. The number of nitrogens with zero attached hydrogens (tertiary/aromatic N) is 3. The molecule has 0 saturated carbocycles. The first-order valence-corrected chi connectivity index (χ1v) is 36.7. The van der Waals surface area contributed by atoms with E-state index < -0.39 is 21.6 Å². The molecule has 0 fully saturated rings. The Labute approximate surface area is 490 Å². The van der Waals surface area contributed by atoms with Crippen LogP contribution in [0.15, 0.2) is 247 Å². The van der Waals surface area contributed by atoms with E-state index in [1.807, 2.05) is 0 Å². The van der Waals surface area contributed by atoms with Gasteiger partial charge < -0.3 is 14.7 Å². The predicted octanol–water partition coefficient (Wildman–Crippen LogP) is 20.1. The summed E-state index contributed by atoms with van der Waals surface area (Å²) in [5.41, 5.74) is 21.7. The molecule has 3 aliphatic carbocycles. The van der Waals surface area contributed by atoms with Gasteiger partial charge in [0, 0.05) is 45.4 Å². The van der Waals surface area contributed by atoms with E-state index in [1.54, 1.807) is 0 Å². The van der Waals surface area contributed by atoms with Crippen molar-refractivity contribution in [2.45, 2.75) is 103 Å². The van der Waals surface area contributed by atoms with E-state index in [1.165, 1.54) is 105 Å². The normalized spacial score (nSPS) is 16.2.